The number of carbonyl (C=O) groups is 2. The molecule has 1 N–H and O–H groups in total. The summed E-state index contributed by atoms with van der Waals surface area (Å²) in [7, 11) is 0. The zero-order valence-electron chi connectivity index (χ0n) is 17.2. The van der Waals surface area contributed by atoms with E-state index < -0.39 is 35.2 Å². The van der Waals surface area contributed by atoms with Crippen LogP contribution in [0, 0.1) is 0 Å². The molecule has 0 fully saturated rings. The van der Waals surface area contributed by atoms with Gasteiger partial charge in [0.1, 0.15) is 0 Å². The van der Waals surface area contributed by atoms with E-state index in [9.17, 15) is 27.9 Å². The van der Waals surface area contributed by atoms with Crippen molar-refractivity contribution in [1.82, 2.24) is 0 Å². The number of allylic oxidation sites excluding steroid dienone is 1. The molecule has 0 aromatic heterocycles. The molecule has 1 amide bonds. The van der Waals surface area contributed by atoms with Crippen LogP contribution in [-0.4, -0.2) is 16.8 Å². The fourth-order valence-electron chi connectivity index (χ4n) is 3.73. The standard InChI is InChI=1S/C26H18F3NO3/c27-26(28,29)19-12-7-13-20(16-19)30-23(18-10-5-2-6-11-18)22(24(32)25(30)33)21(31)15-14-17-8-3-1-4-9-17/h1-16,23,32H/b15-14+. The Morgan fingerprint density at radius 3 is 2.18 bits per heavy atom. The summed E-state index contributed by atoms with van der Waals surface area (Å²) in [4.78, 5) is 27.1. The Balaban J connectivity index is 1.79. The average Bonchev–Trinajstić information content (AvgIpc) is 3.09. The van der Waals surface area contributed by atoms with Crippen molar-refractivity contribution in [3.05, 3.63) is 119 Å². The molecule has 1 heterocycles. The highest BCUT2D eigenvalue weighted by Crippen LogP contribution is 2.42. The second-order valence-electron chi connectivity index (χ2n) is 7.41. The molecule has 1 aliphatic rings. The molecule has 0 bridgehead atoms. The van der Waals surface area contributed by atoms with E-state index in [4.69, 9.17) is 0 Å². The number of halogens is 3. The van der Waals surface area contributed by atoms with Gasteiger partial charge in [-0.2, -0.15) is 13.2 Å². The third-order valence-corrected chi connectivity index (χ3v) is 5.27. The van der Waals surface area contributed by atoms with Crippen molar-refractivity contribution < 1.29 is 27.9 Å². The third-order valence-electron chi connectivity index (χ3n) is 5.27. The number of alkyl halides is 3. The average molecular weight is 449 g/mol. The zero-order valence-corrected chi connectivity index (χ0v) is 17.2. The normalized spacial score (nSPS) is 16.6. The smallest absolute Gasteiger partial charge is 0.416 e. The Kier molecular flexibility index (Phi) is 5.87. The highest BCUT2D eigenvalue weighted by atomic mass is 19.4. The predicted octanol–water partition coefficient (Wildman–Crippen LogP) is 5.89. The number of anilines is 1. The van der Waals surface area contributed by atoms with Crippen LogP contribution < -0.4 is 4.90 Å². The van der Waals surface area contributed by atoms with Crippen LogP contribution in [0.1, 0.15) is 22.7 Å². The molecule has 3 aromatic rings. The molecule has 0 spiro atoms. The lowest BCUT2D eigenvalue weighted by molar-refractivity contribution is -0.137. The lowest BCUT2D eigenvalue weighted by Gasteiger charge is -2.27. The van der Waals surface area contributed by atoms with Gasteiger partial charge in [0.15, 0.2) is 11.5 Å². The molecule has 1 aliphatic heterocycles. The fraction of sp³-hybridized carbons (Fsp3) is 0.0769. The van der Waals surface area contributed by atoms with Gasteiger partial charge in [-0.05, 0) is 35.4 Å². The Labute approximate surface area is 187 Å². The lowest BCUT2D eigenvalue weighted by atomic mass is 9.95. The molecule has 33 heavy (non-hydrogen) atoms. The van der Waals surface area contributed by atoms with Crippen molar-refractivity contribution in [3.63, 3.8) is 0 Å². The first kappa shape index (κ1) is 22.1. The largest absolute Gasteiger partial charge is 0.503 e. The van der Waals surface area contributed by atoms with Gasteiger partial charge in [0.25, 0.3) is 5.91 Å². The molecule has 1 atom stereocenters. The van der Waals surface area contributed by atoms with Crippen molar-refractivity contribution in [3.8, 4) is 0 Å². The van der Waals surface area contributed by atoms with Crippen LogP contribution in [0.2, 0.25) is 0 Å². The van der Waals surface area contributed by atoms with Gasteiger partial charge in [0.05, 0.1) is 17.2 Å². The maximum atomic E-state index is 13.3. The topological polar surface area (TPSA) is 57.6 Å². The van der Waals surface area contributed by atoms with Gasteiger partial charge in [0, 0.05) is 5.69 Å². The van der Waals surface area contributed by atoms with Gasteiger partial charge in [-0.15, -0.1) is 0 Å². The molecule has 166 valence electrons. The van der Waals surface area contributed by atoms with Gasteiger partial charge in [-0.1, -0.05) is 72.8 Å². The van der Waals surface area contributed by atoms with E-state index in [0.29, 0.717) is 5.56 Å². The van der Waals surface area contributed by atoms with Gasteiger partial charge in [0.2, 0.25) is 0 Å². The maximum absolute atomic E-state index is 13.3. The van der Waals surface area contributed by atoms with E-state index in [2.05, 4.69) is 0 Å². The minimum absolute atomic E-state index is 0.0786. The number of amides is 1. The Bertz CT molecular complexity index is 1250. The first-order valence-corrected chi connectivity index (χ1v) is 10.0. The Morgan fingerprint density at radius 1 is 0.909 bits per heavy atom. The summed E-state index contributed by atoms with van der Waals surface area (Å²) in [6.45, 7) is 0. The molecule has 0 saturated carbocycles. The van der Waals surface area contributed by atoms with Crippen LogP contribution in [0.3, 0.4) is 0 Å². The predicted molar refractivity (Wildman–Crippen MR) is 118 cm³/mol. The summed E-state index contributed by atoms with van der Waals surface area (Å²) in [6.07, 6.45) is -1.84. The van der Waals surface area contributed by atoms with Gasteiger partial charge >= 0.3 is 6.18 Å². The summed E-state index contributed by atoms with van der Waals surface area (Å²) in [5, 5.41) is 10.6. The number of carbonyl (C=O) groups excluding carboxylic acids is 2. The summed E-state index contributed by atoms with van der Waals surface area (Å²) in [5.41, 5.74) is -0.00579. The number of nitrogens with zero attached hydrogens (tertiary/aromatic N) is 1. The number of benzene rings is 3. The molecule has 4 nitrogen and oxygen atoms in total. The first-order chi connectivity index (χ1) is 15.8. The Morgan fingerprint density at radius 2 is 1.55 bits per heavy atom. The molecule has 3 aromatic carbocycles. The molecular formula is C26H18F3NO3. The van der Waals surface area contributed by atoms with Crippen molar-refractivity contribution in [2.45, 2.75) is 12.2 Å². The lowest BCUT2D eigenvalue weighted by Crippen LogP contribution is -2.31. The van der Waals surface area contributed by atoms with Gasteiger partial charge < -0.3 is 5.11 Å². The molecule has 0 saturated heterocycles. The third kappa shape index (κ3) is 4.43. The molecule has 0 radical (unpaired) electrons. The number of ketones is 1. The van der Waals surface area contributed by atoms with Crippen molar-refractivity contribution in [2.75, 3.05) is 4.90 Å². The summed E-state index contributed by atoms with van der Waals surface area (Å²) < 4.78 is 39.9. The van der Waals surface area contributed by atoms with Crippen LogP contribution in [-0.2, 0) is 15.8 Å². The van der Waals surface area contributed by atoms with E-state index in [1.165, 1.54) is 18.2 Å². The Hall–Kier alpha value is -4.13. The SMILES string of the molecule is O=C(/C=C/c1ccccc1)C1=C(O)C(=O)N(c2cccc(C(F)(F)F)c2)C1c1ccccc1. The van der Waals surface area contributed by atoms with E-state index in [1.54, 1.807) is 60.7 Å². The number of aliphatic hydroxyl groups is 1. The molecule has 7 heteroatoms. The molecular weight excluding hydrogens is 431 g/mol. The van der Waals surface area contributed by atoms with E-state index >= 15 is 0 Å². The summed E-state index contributed by atoms with van der Waals surface area (Å²) in [5.74, 6) is -2.35. The fourth-order valence-corrected chi connectivity index (χ4v) is 3.73. The van der Waals surface area contributed by atoms with Gasteiger partial charge in [-0.3, -0.25) is 14.5 Å². The zero-order chi connectivity index (χ0) is 23.6. The van der Waals surface area contributed by atoms with E-state index in [-0.39, 0.29) is 11.3 Å². The second kappa shape index (κ2) is 8.78. The van der Waals surface area contributed by atoms with Crippen molar-refractivity contribution in [2.24, 2.45) is 0 Å². The van der Waals surface area contributed by atoms with Crippen molar-refractivity contribution >= 4 is 23.5 Å². The minimum atomic E-state index is -4.62. The van der Waals surface area contributed by atoms with Crippen LogP contribution in [0.5, 0.6) is 0 Å². The van der Waals surface area contributed by atoms with Crippen LogP contribution in [0.25, 0.3) is 6.08 Å². The van der Waals surface area contributed by atoms with E-state index in [1.807, 2.05) is 6.07 Å². The highest BCUT2D eigenvalue weighted by Gasteiger charge is 2.44. The van der Waals surface area contributed by atoms with E-state index in [0.717, 1.165) is 22.6 Å². The van der Waals surface area contributed by atoms with Gasteiger partial charge in [-0.25, -0.2) is 0 Å². The minimum Gasteiger partial charge on any atom is -0.503 e. The van der Waals surface area contributed by atoms with Crippen LogP contribution >= 0.6 is 0 Å². The quantitative estimate of drug-likeness (QED) is 0.495. The number of rotatable bonds is 5. The number of hydrogen-bond acceptors (Lipinski definition) is 3. The summed E-state index contributed by atoms with van der Waals surface area (Å²) in [6, 6.07) is 20.5. The molecule has 1 unspecified atom stereocenters. The highest BCUT2D eigenvalue weighted by molar-refractivity contribution is 6.19. The van der Waals surface area contributed by atoms with Crippen LogP contribution in [0.15, 0.2) is 102 Å². The second-order valence-corrected chi connectivity index (χ2v) is 7.41. The van der Waals surface area contributed by atoms with Crippen molar-refractivity contribution in [1.29, 1.82) is 0 Å². The summed E-state index contributed by atoms with van der Waals surface area (Å²) >= 11 is 0. The van der Waals surface area contributed by atoms with Crippen LogP contribution in [0.4, 0.5) is 18.9 Å². The number of hydrogen-bond donors (Lipinski definition) is 1. The molecule has 0 aliphatic carbocycles. The molecule has 4 rings (SSSR count). The monoisotopic (exact) mass is 449 g/mol. The number of aliphatic hydroxyl groups excluding tert-OH is 1. The maximum Gasteiger partial charge on any atom is 0.416 e. The first-order valence-electron chi connectivity index (χ1n) is 10.0.